The molecule has 0 bridgehead atoms. The Bertz CT molecular complexity index is 757. The van der Waals surface area contributed by atoms with Crippen molar-refractivity contribution >= 4 is 35.3 Å². The number of hydrogen-bond donors (Lipinski definition) is 0. The predicted octanol–water partition coefficient (Wildman–Crippen LogP) is 4.69. The summed E-state index contributed by atoms with van der Waals surface area (Å²) >= 11 is 3.22. The Kier molecular flexibility index (Phi) is 8.06. The first kappa shape index (κ1) is 20.4. The quantitative estimate of drug-likeness (QED) is 0.268. The number of methoxy groups -OCH3 is 1. The molecule has 2 rings (SSSR count). The van der Waals surface area contributed by atoms with Crippen molar-refractivity contribution in [3.8, 4) is 5.75 Å². The van der Waals surface area contributed by atoms with E-state index >= 15 is 0 Å². The van der Waals surface area contributed by atoms with Gasteiger partial charge in [-0.25, -0.2) is 0 Å². The van der Waals surface area contributed by atoms with Crippen LogP contribution in [0, 0.1) is 0 Å². The van der Waals surface area contributed by atoms with Gasteiger partial charge in [0, 0.05) is 21.8 Å². The van der Waals surface area contributed by atoms with E-state index in [1.165, 1.54) is 7.11 Å². The molecule has 0 radical (unpaired) electrons. The molecule has 26 heavy (non-hydrogen) atoms. The Labute approximate surface area is 162 Å². The van der Waals surface area contributed by atoms with Crippen LogP contribution < -0.4 is 4.74 Å². The van der Waals surface area contributed by atoms with Crippen molar-refractivity contribution in [3.63, 3.8) is 0 Å². The molecule has 0 spiro atoms. The molecule has 0 unspecified atom stereocenters. The van der Waals surface area contributed by atoms with Crippen LogP contribution in [0.15, 0.2) is 52.3 Å². The summed E-state index contributed by atoms with van der Waals surface area (Å²) in [7, 11) is 1.37. The highest BCUT2D eigenvalue weighted by Crippen LogP contribution is 2.28. The zero-order chi connectivity index (χ0) is 18.9. The van der Waals surface area contributed by atoms with Gasteiger partial charge in [-0.3, -0.25) is 9.59 Å². The van der Waals surface area contributed by atoms with Gasteiger partial charge in [-0.15, -0.1) is 23.5 Å². The summed E-state index contributed by atoms with van der Waals surface area (Å²) in [6.07, 6.45) is 4.79. The normalized spacial score (nSPS) is 10.4. The minimum Gasteiger partial charge on any atom is -0.493 e. The van der Waals surface area contributed by atoms with Crippen LogP contribution in [-0.2, 0) is 9.53 Å². The number of esters is 1. The van der Waals surface area contributed by atoms with Crippen LogP contribution in [-0.4, -0.2) is 38.0 Å². The highest BCUT2D eigenvalue weighted by Gasteiger charge is 2.16. The number of thioether (sulfide) groups is 2. The van der Waals surface area contributed by atoms with Gasteiger partial charge in [-0.2, -0.15) is 0 Å². The molecule has 0 aliphatic carbocycles. The Hall–Kier alpha value is -1.92. The molecule has 0 heterocycles. The molecule has 0 atom stereocenters. The SMILES string of the molecule is COC(=O)CCCOc1cc(SC)ccc1C(=O)c1ccc(SC)cc1. The molecular formula is C20H22O4S2. The van der Waals surface area contributed by atoms with Gasteiger partial charge in [-0.05, 0) is 61.4 Å². The standard InChI is InChI=1S/C20H22O4S2/c1-23-19(21)5-4-12-24-18-13-16(26-3)10-11-17(18)20(22)14-6-8-15(25-2)9-7-14/h6-11,13H,4-5,12H2,1-3H3. The molecule has 138 valence electrons. The van der Waals surface area contributed by atoms with E-state index in [1.54, 1.807) is 29.6 Å². The van der Waals surface area contributed by atoms with Crippen LogP contribution in [0.25, 0.3) is 0 Å². The zero-order valence-corrected chi connectivity index (χ0v) is 16.7. The van der Waals surface area contributed by atoms with Crippen LogP contribution in [0.4, 0.5) is 0 Å². The Morgan fingerprint density at radius 3 is 2.23 bits per heavy atom. The third-order valence-electron chi connectivity index (χ3n) is 3.80. The Morgan fingerprint density at radius 1 is 0.962 bits per heavy atom. The molecule has 0 amide bonds. The van der Waals surface area contributed by atoms with Crippen LogP contribution in [0.3, 0.4) is 0 Å². The molecule has 0 N–H and O–H groups in total. The van der Waals surface area contributed by atoms with E-state index in [9.17, 15) is 9.59 Å². The molecule has 6 heteroatoms. The van der Waals surface area contributed by atoms with Crippen molar-refractivity contribution in [1.29, 1.82) is 0 Å². The second kappa shape index (κ2) is 10.3. The van der Waals surface area contributed by atoms with E-state index in [1.807, 2.05) is 48.9 Å². The predicted molar refractivity (Wildman–Crippen MR) is 107 cm³/mol. The lowest BCUT2D eigenvalue weighted by Gasteiger charge is -2.12. The van der Waals surface area contributed by atoms with Gasteiger partial charge in [-0.1, -0.05) is 0 Å². The molecule has 4 nitrogen and oxygen atoms in total. The van der Waals surface area contributed by atoms with Gasteiger partial charge >= 0.3 is 5.97 Å². The van der Waals surface area contributed by atoms with Crippen molar-refractivity contribution in [2.24, 2.45) is 0 Å². The van der Waals surface area contributed by atoms with Gasteiger partial charge in [0.05, 0.1) is 19.3 Å². The maximum Gasteiger partial charge on any atom is 0.305 e. The maximum absolute atomic E-state index is 12.9. The van der Waals surface area contributed by atoms with Crippen molar-refractivity contribution in [2.45, 2.75) is 22.6 Å². The van der Waals surface area contributed by atoms with Gasteiger partial charge in [0.1, 0.15) is 5.75 Å². The van der Waals surface area contributed by atoms with E-state index in [-0.39, 0.29) is 18.2 Å². The van der Waals surface area contributed by atoms with Crippen molar-refractivity contribution in [2.75, 3.05) is 26.2 Å². The van der Waals surface area contributed by atoms with E-state index in [0.29, 0.717) is 29.9 Å². The first-order chi connectivity index (χ1) is 12.6. The fourth-order valence-electron chi connectivity index (χ4n) is 2.34. The van der Waals surface area contributed by atoms with E-state index in [2.05, 4.69) is 4.74 Å². The molecule has 0 saturated heterocycles. The lowest BCUT2D eigenvalue weighted by molar-refractivity contribution is -0.140. The zero-order valence-electron chi connectivity index (χ0n) is 15.1. The molecule has 0 aromatic heterocycles. The summed E-state index contributed by atoms with van der Waals surface area (Å²) in [5.74, 6) is 0.200. The summed E-state index contributed by atoms with van der Waals surface area (Å²) in [5.41, 5.74) is 1.15. The number of rotatable bonds is 9. The summed E-state index contributed by atoms with van der Waals surface area (Å²) in [6, 6.07) is 13.1. The lowest BCUT2D eigenvalue weighted by atomic mass is 10.0. The van der Waals surface area contributed by atoms with Gasteiger partial charge in [0.15, 0.2) is 5.78 Å². The molecule has 0 aliphatic rings. The molecule has 0 fully saturated rings. The van der Waals surface area contributed by atoms with Crippen molar-refractivity contribution < 1.29 is 19.1 Å². The molecular weight excluding hydrogens is 368 g/mol. The fourth-order valence-corrected chi connectivity index (χ4v) is 3.17. The van der Waals surface area contributed by atoms with Crippen LogP contribution in [0.5, 0.6) is 5.75 Å². The maximum atomic E-state index is 12.9. The average molecular weight is 391 g/mol. The number of ether oxygens (including phenoxy) is 2. The number of carbonyl (C=O) groups excluding carboxylic acids is 2. The van der Waals surface area contributed by atoms with E-state index in [4.69, 9.17) is 4.74 Å². The van der Waals surface area contributed by atoms with Gasteiger partial charge in [0.2, 0.25) is 0 Å². The molecule has 0 saturated carbocycles. The molecule has 2 aromatic rings. The van der Waals surface area contributed by atoms with Gasteiger partial charge < -0.3 is 9.47 Å². The van der Waals surface area contributed by atoms with E-state index < -0.39 is 0 Å². The smallest absolute Gasteiger partial charge is 0.305 e. The molecule has 0 aliphatic heterocycles. The summed E-state index contributed by atoms with van der Waals surface area (Å²) < 4.78 is 10.4. The highest BCUT2D eigenvalue weighted by atomic mass is 32.2. The monoisotopic (exact) mass is 390 g/mol. The Balaban J connectivity index is 2.17. The first-order valence-corrected chi connectivity index (χ1v) is 10.6. The number of benzene rings is 2. The van der Waals surface area contributed by atoms with Crippen molar-refractivity contribution in [1.82, 2.24) is 0 Å². The fraction of sp³-hybridized carbons (Fsp3) is 0.300. The highest BCUT2D eigenvalue weighted by molar-refractivity contribution is 7.98. The summed E-state index contributed by atoms with van der Waals surface area (Å²) in [6.45, 7) is 0.346. The third-order valence-corrected chi connectivity index (χ3v) is 5.26. The topological polar surface area (TPSA) is 52.6 Å². The van der Waals surface area contributed by atoms with Crippen molar-refractivity contribution in [3.05, 3.63) is 53.6 Å². The van der Waals surface area contributed by atoms with Gasteiger partial charge in [0.25, 0.3) is 0 Å². The first-order valence-electron chi connectivity index (χ1n) is 8.15. The lowest BCUT2D eigenvalue weighted by Crippen LogP contribution is -2.08. The summed E-state index contributed by atoms with van der Waals surface area (Å²) in [5, 5.41) is 0. The average Bonchev–Trinajstić information content (AvgIpc) is 2.70. The Morgan fingerprint density at radius 2 is 1.62 bits per heavy atom. The number of ketones is 1. The number of hydrogen-bond acceptors (Lipinski definition) is 6. The summed E-state index contributed by atoms with van der Waals surface area (Å²) in [4.78, 5) is 26.2. The second-order valence-corrected chi connectivity index (χ2v) is 7.21. The van der Waals surface area contributed by atoms with Crippen LogP contribution in [0.2, 0.25) is 0 Å². The second-order valence-electron chi connectivity index (χ2n) is 5.45. The number of carbonyl (C=O) groups is 2. The third kappa shape index (κ3) is 5.54. The molecule has 2 aromatic carbocycles. The minimum atomic E-state index is -0.267. The van der Waals surface area contributed by atoms with E-state index in [0.717, 1.165) is 9.79 Å². The minimum absolute atomic E-state index is 0.0757. The largest absolute Gasteiger partial charge is 0.493 e. The van der Waals surface area contributed by atoms with Crippen LogP contribution in [0.1, 0.15) is 28.8 Å². The van der Waals surface area contributed by atoms with Crippen LogP contribution >= 0.6 is 23.5 Å².